The third-order valence-corrected chi connectivity index (χ3v) is 5.42. The molecular weight excluding hydrogens is 356 g/mol. The summed E-state index contributed by atoms with van der Waals surface area (Å²) in [4.78, 5) is 9.28. The highest BCUT2D eigenvalue weighted by Gasteiger charge is 2.18. The number of benzene rings is 2. The molecule has 2 aromatic carbocycles. The lowest BCUT2D eigenvalue weighted by atomic mass is 10.1. The van der Waals surface area contributed by atoms with Gasteiger partial charge in [-0.05, 0) is 30.7 Å². The molecule has 1 aliphatic rings. The zero-order valence-electron chi connectivity index (χ0n) is 15.1. The van der Waals surface area contributed by atoms with Gasteiger partial charge in [0.2, 0.25) is 0 Å². The lowest BCUT2D eigenvalue weighted by molar-refractivity contribution is 0.285. The maximum atomic E-state index is 9.37. The van der Waals surface area contributed by atoms with Gasteiger partial charge < -0.3 is 4.90 Å². The van der Waals surface area contributed by atoms with Crippen molar-refractivity contribution < 1.29 is 0 Å². The van der Waals surface area contributed by atoms with Crippen molar-refractivity contribution >= 4 is 28.2 Å². The summed E-state index contributed by atoms with van der Waals surface area (Å²) in [6, 6.07) is 20.4. The van der Waals surface area contributed by atoms with Crippen molar-refractivity contribution in [2.45, 2.75) is 13.0 Å². The Kier molecular flexibility index (Phi) is 5.24. The molecular formula is C22H21ClN4. The van der Waals surface area contributed by atoms with Gasteiger partial charge in [-0.1, -0.05) is 41.9 Å². The molecule has 0 N–H and O–H groups in total. The van der Waals surface area contributed by atoms with Gasteiger partial charge in [0, 0.05) is 43.7 Å². The first kappa shape index (κ1) is 17.8. The van der Waals surface area contributed by atoms with Crippen LogP contribution in [0.1, 0.15) is 17.5 Å². The summed E-state index contributed by atoms with van der Waals surface area (Å²) in [5.41, 5.74) is 3.78. The Balaban J connectivity index is 1.49. The van der Waals surface area contributed by atoms with Gasteiger partial charge in [0.15, 0.2) is 0 Å². The molecule has 4 nitrogen and oxygen atoms in total. The number of para-hydroxylation sites is 2. The van der Waals surface area contributed by atoms with Gasteiger partial charge in [-0.2, -0.15) is 5.26 Å². The van der Waals surface area contributed by atoms with Crippen molar-refractivity contribution in [3.05, 3.63) is 70.9 Å². The minimum atomic E-state index is 0.588. The van der Waals surface area contributed by atoms with E-state index in [9.17, 15) is 5.26 Å². The highest BCUT2D eigenvalue weighted by molar-refractivity contribution is 6.30. The molecule has 0 saturated carbocycles. The normalized spacial score (nSPS) is 15.5. The van der Waals surface area contributed by atoms with E-state index in [1.807, 2.05) is 42.5 Å². The highest BCUT2D eigenvalue weighted by atomic mass is 35.5. The zero-order chi connectivity index (χ0) is 18.6. The van der Waals surface area contributed by atoms with Crippen molar-refractivity contribution in [1.82, 2.24) is 9.88 Å². The van der Waals surface area contributed by atoms with Crippen molar-refractivity contribution in [2.24, 2.45) is 0 Å². The molecule has 1 fully saturated rings. The van der Waals surface area contributed by atoms with E-state index in [-0.39, 0.29) is 0 Å². The number of nitrogens with zero attached hydrogens (tertiary/aromatic N) is 4. The lowest BCUT2D eigenvalue weighted by Crippen LogP contribution is -2.31. The van der Waals surface area contributed by atoms with Crippen LogP contribution in [0.25, 0.3) is 10.9 Å². The van der Waals surface area contributed by atoms with E-state index in [1.54, 1.807) is 0 Å². The fourth-order valence-corrected chi connectivity index (χ4v) is 3.91. The summed E-state index contributed by atoms with van der Waals surface area (Å²) in [6.45, 7) is 4.60. The van der Waals surface area contributed by atoms with E-state index in [2.05, 4.69) is 33.0 Å². The van der Waals surface area contributed by atoms with Gasteiger partial charge in [0.1, 0.15) is 11.2 Å². The minimum Gasteiger partial charge on any atom is -0.369 e. The smallest absolute Gasteiger partial charge is 0.134 e. The van der Waals surface area contributed by atoms with Gasteiger partial charge in [0.05, 0.1) is 16.8 Å². The zero-order valence-corrected chi connectivity index (χ0v) is 15.9. The quantitative estimate of drug-likeness (QED) is 0.632. The van der Waals surface area contributed by atoms with Crippen LogP contribution < -0.4 is 4.90 Å². The highest BCUT2D eigenvalue weighted by Crippen LogP contribution is 2.24. The van der Waals surface area contributed by atoms with Crippen LogP contribution in [0.15, 0.2) is 54.6 Å². The molecule has 1 saturated heterocycles. The fourth-order valence-electron chi connectivity index (χ4n) is 3.70. The maximum Gasteiger partial charge on any atom is 0.134 e. The Morgan fingerprint density at radius 1 is 1.00 bits per heavy atom. The summed E-state index contributed by atoms with van der Waals surface area (Å²) in [5, 5.41) is 11.1. The van der Waals surface area contributed by atoms with Crippen LogP contribution in [-0.2, 0) is 6.54 Å². The minimum absolute atomic E-state index is 0.588. The summed E-state index contributed by atoms with van der Waals surface area (Å²) < 4.78 is 0. The molecule has 0 radical (unpaired) electrons. The van der Waals surface area contributed by atoms with Gasteiger partial charge in [-0.25, -0.2) is 4.98 Å². The molecule has 0 bridgehead atoms. The molecule has 4 rings (SSSR count). The largest absolute Gasteiger partial charge is 0.369 e. The van der Waals surface area contributed by atoms with Crippen molar-refractivity contribution in [2.75, 3.05) is 31.1 Å². The topological polar surface area (TPSA) is 43.2 Å². The number of hydrogen-bond donors (Lipinski definition) is 0. The molecule has 1 aliphatic heterocycles. The van der Waals surface area contributed by atoms with E-state index < -0.39 is 0 Å². The van der Waals surface area contributed by atoms with Crippen LogP contribution in [0.4, 0.5) is 5.69 Å². The molecule has 27 heavy (non-hydrogen) atoms. The van der Waals surface area contributed by atoms with Crippen LogP contribution in [0.3, 0.4) is 0 Å². The third kappa shape index (κ3) is 3.90. The van der Waals surface area contributed by atoms with Gasteiger partial charge in [-0.15, -0.1) is 0 Å². The predicted molar refractivity (Wildman–Crippen MR) is 110 cm³/mol. The van der Waals surface area contributed by atoms with Crippen LogP contribution in [0, 0.1) is 11.3 Å². The second-order valence-electron chi connectivity index (χ2n) is 6.88. The Morgan fingerprint density at radius 3 is 2.70 bits per heavy atom. The molecule has 0 spiro atoms. The second kappa shape index (κ2) is 7.96. The first-order chi connectivity index (χ1) is 13.2. The standard InChI is InChI=1S/C22H21ClN4/c23-22-19(14-17-6-1-3-8-20(17)25-22)16-26-10-5-11-27(13-12-26)21-9-4-2-7-18(21)15-24/h1-4,6-9,14H,5,10-13,16H2. The summed E-state index contributed by atoms with van der Waals surface area (Å²) in [7, 11) is 0. The molecule has 3 aromatic rings. The van der Waals surface area contributed by atoms with Crippen LogP contribution >= 0.6 is 11.6 Å². The summed E-state index contributed by atoms with van der Waals surface area (Å²) >= 11 is 6.44. The van der Waals surface area contributed by atoms with Crippen LogP contribution in [0.5, 0.6) is 0 Å². The summed E-state index contributed by atoms with van der Waals surface area (Å²) in [5.74, 6) is 0. The molecule has 2 heterocycles. The van der Waals surface area contributed by atoms with Crippen molar-refractivity contribution in [1.29, 1.82) is 5.26 Å². The molecule has 0 unspecified atom stereocenters. The predicted octanol–water partition coefficient (Wildman–Crippen LogP) is 4.47. The monoisotopic (exact) mass is 376 g/mol. The molecule has 0 amide bonds. The molecule has 5 heteroatoms. The first-order valence-corrected chi connectivity index (χ1v) is 9.63. The average Bonchev–Trinajstić information content (AvgIpc) is 2.94. The average molecular weight is 377 g/mol. The third-order valence-electron chi connectivity index (χ3n) is 5.10. The van der Waals surface area contributed by atoms with Crippen molar-refractivity contribution in [3.63, 3.8) is 0 Å². The van der Waals surface area contributed by atoms with E-state index >= 15 is 0 Å². The SMILES string of the molecule is N#Cc1ccccc1N1CCCN(Cc2cc3ccccc3nc2Cl)CC1. The first-order valence-electron chi connectivity index (χ1n) is 9.25. The Bertz CT molecular complexity index is 995. The molecule has 1 aromatic heterocycles. The number of anilines is 1. The number of hydrogen-bond acceptors (Lipinski definition) is 4. The number of halogens is 1. The van der Waals surface area contributed by atoms with Gasteiger partial charge >= 0.3 is 0 Å². The number of aromatic nitrogens is 1. The fraction of sp³-hybridized carbons (Fsp3) is 0.273. The molecule has 136 valence electrons. The number of nitriles is 1. The van der Waals surface area contributed by atoms with Gasteiger partial charge in [-0.3, -0.25) is 4.90 Å². The van der Waals surface area contributed by atoms with E-state index in [0.717, 1.165) is 66.9 Å². The Morgan fingerprint density at radius 2 is 1.81 bits per heavy atom. The van der Waals surface area contributed by atoms with E-state index in [4.69, 9.17) is 11.6 Å². The number of pyridine rings is 1. The lowest BCUT2D eigenvalue weighted by Gasteiger charge is -2.24. The Hall–Kier alpha value is -2.61. The number of fused-ring (bicyclic) bond motifs is 1. The van der Waals surface area contributed by atoms with Crippen LogP contribution in [-0.4, -0.2) is 36.1 Å². The van der Waals surface area contributed by atoms with Gasteiger partial charge in [0.25, 0.3) is 0 Å². The number of rotatable bonds is 3. The van der Waals surface area contributed by atoms with E-state index in [0.29, 0.717) is 5.15 Å². The molecule has 0 atom stereocenters. The summed E-state index contributed by atoms with van der Waals surface area (Å²) in [6.07, 6.45) is 1.05. The maximum absolute atomic E-state index is 9.37. The second-order valence-corrected chi connectivity index (χ2v) is 7.23. The Labute approximate surface area is 164 Å². The van der Waals surface area contributed by atoms with Crippen LogP contribution in [0.2, 0.25) is 5.15 Å². The molecule has 0 aliphatic carbocycles. The van der Waals surface area contributed by atoms with E-state index in [1.165, 1.54) is 0 Å². The van der Waals surface area contributed by atoms with Crippen molar-refractivity contribution in [3.8, 4) is 6.07 Å².